The molecule has 0 amide bonds. The standard InChI is InChI=1S/C15H27ClO4/c1-10(2)6-11(3)18-14(17)8-12-7-13(9-16)20-15(4,5)19-12/h10-13H,6-9H2,1-5H3/t11?,12-,13+/m0/s1. The number of hydrogen-bond acceptors (Lipinski definition) is 4. The largest absolute Gasteiger partial charge is 0.463 e. The van der Waals surface area contributed by atoms with E-state index in [1.165, 1.54) is 0 Å². The number of rotatable bonds is 6. The molecule has 0 aliphatic carbocycles. The van der Waals surface area contributed by atoms with Gasteiger partial charge in [0.25, 0.3) is 0 Å². The molecule has 0 spiro atoms. The molecule has 20 heavy (non-hydrogen) atoms. The van der Waals surface area contributed by atoms with E-state index in [4.69, 9.17) is 25.8 Å². The third-order valence-corrected chi connectivity index (χ3v) is 3.47. The van der Waals surface area contributed by atoms with Crippen molar-refractivity contribution in [2.75, 3.05) is 5.88 Å². The highest BCUT2D eigenvalue weighted by Crippen LogP contribution is 2.29. The molecule has 1 rings (SSSR count). The third kappa shape index (κ3) is 6.42. The molecular weight excluding hydrogens is 280 g/mol. The number of hydrogen-bond donors (Lipinski definition) is 0. The van der Waals surface area contributed by atoms with Crippen molar-refractivity contribution in [3.8, 4) is 0 Å². The molecular formula is C15H27ClO4. The maximum Gasteiger partial charge on any atom is 0.308 e. The summed E-state index contributed by atoms with van der Waals surface area (Å²) < 4.78 is 16.8. The molecule has 1 aliphatic rings. The van der Waals surface area contributed by atoms with E-state index in [0.29, 0.717) is 18.2 Å². The van der Waals surface area contributed by atoms with Crippen LogP contribution in [-0.4, -0.2) is 35.9 Å². The van der Waals surface area contributed by atoms with Gasteiger partial charge in [0.1, 0.15) is 0 Å². The van der Waals surface area contributed by atoms with E-state index in [0.717, 1.165) is 6.42 Å². The van der Waals surface area contributed by atoms with Crippen LogP contribution in [0.2, 0.25) is 0 Å². The number of esters is 1. The number of carbonyl (C=O) groups is 1. The molecule has 0 radical (unpaired) electrons. The number of carbonyl (C=O) groups excluding carboxylic acids is 1. The van der Waals surface area contributed by atoms with Gasteiger partial charge in [-0.15, -0.1) is 11.6 Å². The van der Waals surface area contributed by atoms with Gasteiger partial charge in [-0.3, -0.25) is 4.79 Å². The van der Waals surface area contributed by atoms with Gasteiger partial charge < -0.3 is 14.2 Å². The van der Waals surface area contributed by atoms with Crippen LogP contribution in [0.15, 0.2) is 0 Å². The molecule has 1 saturated heterocycles. The van der Waals surface area contributed by atoms with Gasteiger partial charge in [0.15, 0.2) is 5.79 Å². The Labute approximate surface area is 127 Å². The summed E-state index contributed by atoms with van der Waals surface area (Å²) in [5, 5.41) is 0. The minimum atomic E-state index is -0.702. The van der Waals surface area contributed by atoms with E-state index < -0.39 is 5.79 Å². The van der Waals surface area contributed by atoms with Crippen molar-refractivity contribution in [2.45, 2.75) is 78.0 Å². The summed E-state index contributed by atoms with van der Waals surface area (Å²) >= 11 is 5.85. The van der Waals surface area contributed by atoms with Gasteiger partial charge in [0.2, 0.25) is 0 Å². The minimum Gasteiger partial charge on any atom is -0.463 e. The molecule has 0 bridgehead atoms. The average molecular weight is 307 g/mol. The van der Waals surface area contributed by atoms with Crippen molar-refractivity contribution >= 4 is 17.6 Å². The van der Waals surface area contributed by atoms with E-state index in [9.17, 15) is 4.79 Å². The summed E-state index contributed by atoms with van der Waals surface area (Å²) in [6.45, 7) is 9.82. The van der Waals surface area contributed by atoms with Gasteiger partial charge >= 0.3 is 5.97 Å². The Morgan fingerprint density at radius 2 is 1.90 bits per heavy atom. The lowest BCUT2D eigenvalue weighted by Gasteiger charge is -2.40. The summed E-state index contributed by atoms with van der Waals surface area (Å²) in [5.41, 5.74) is 0. The fourth-order valence-corrected chi connectivity index (χ4v) is 2.80. The summed E-state index contributed by atoms with van der Waals surface area (Å²) in [6.07, 6.45) is 1.42. The molecule has 3 atom stereocenters. The Kier molecular flexibility index (Phi) is 6.76. The van der Waals surface area contributed by atoms with Crippen molar-refractivity contribution in [2.24, 2.45) is 5.92 Å². The van der Waals surface area contributed by atoms with Gasteiger partial charge in [-0.25, -0.2) is 0 Å². The van der Waals surface area contributed by atoms with Crippen LogP contribution in [-0.2, 0) is 19.0 Å². The molecule has 4 nitrogen and oxygen atoms in total. The monoisotopic (exact) mass is 306 g/mol. The maximum atomic E-state index is 11.9. The second-order valence-electron chi connectivity index (χ2n) is 6.40. The van der Waals surface area contributed by atoms with E-state index in [1.807, 2.05) is 20.8 Å². The normalized spacial score (nSPS) is 27.4. The topological polar surface area (TPSA) is 44.8 Å². The first kappa shape index (κ1) is 17.7. The van der Waals surface area contributed by atoms with Crippen LogP contribution in [0.25, 0.3) is 0 Å². The van der Waals surface area contributed by atoms with Crippen LogP contribution < -0.4 is 0 Å². The van der Waals surface area contributed by atoms with Crippen LogP contribution in [0.5, 0.6) is 0 Å². The summed E-state index contributed by atoms with van der Waals surface area (Å²) in [7, 11) is 0. The molecule has 1 unspecified atom stereocenters. The van der Waals surface area contributed by atoms with E-state index in [1.54, 1.807) is 0 Å². The summed E-state index contributed by atoms with van der Waals surface area (Å²) in [4.78, 5) is 11.9. The first-order chi connectivity index (χ1) is 9.21. The van der Waals surface area contributed by atoms with Gasteiger partial charge in [-0.2, -0.15) is 0 Å². The highest BCUT2D eigenvalue weighted by Gasteiger charge is 2.36. The van der Waals surface area contributed by atoms with E-state index in [-0.39, 0.29) is 30.7 Å². The molecule has 0 N–H and O–H groups in total. The van der Waals surface area contributed by atoms with Crippen LogP contribution in [0, 0.1) is 5.92 Å². The highest BCUT2D eigenvalue weighted by atomic mass is 35.5. The molecule has 1 fully saturated rings. The Morgan fingerprint density at radius 1 is 1.30 bits per heavy atom. The number of alkyl halides is 1. The number of halogens is 1. The van der Waals surface area contributed by atoms with Gasteiger partial charge in [0.05, 0.1) is 24.7 Å². The lowest BCUT2D eigenvalue weighted by atomic mass is 10.1. The predicted octanol–water partition coefficient (Wildman–Crippen LogP) is 3.50. The van der Waals surface area contributed by atoms with Crippen molar-refractivity contribution in [3.63, 3.8) is 0 Å². The summed E-state index contributed by atoms with van der Waals surface area (Å²) in [6, 6.07) is 0. The second-order valence-corrected chi connectivity index (χ2v) is 6.71. The fraction of sp³-hybridized carbons (Fsp3) is 0.933. The molecule has 0 aromatic rings. The van der Waals surface area contributed by atoms with Crippen LogP contribution >= 0.6 is 11.6 Å². The number of ether oxygens (including phenoxy) is 3. The molecule has 1 aliphatic heterocycles. The molecule has 0 saturated carbocycles. The van der Waals surface area contributed by atoms with Crippen LogP contribution in [0.1, 0.15) is 53.9 Å². The Bertz CT molecular complexity index is 317. The van der Waals surface area contributed by atoms with Gasteiger partial charge in [-0.1, -0.05) is 13.8 Å². The average Bonchev–Trinajstić information content (AvgIpc) is 2.24. The van der Waals surface area contributed by atoms with Crippen molar-refractivity contribution in [1.82, 2.24) is 0 Å². The van der Waals surface area contributed by atoms with Crippen molar-refractivity contribution < 1.29 is 19.0 Å². The predicted molar refractivity (Wildman–Crippen MR) is 78.8 cm³/mol. The van der Waals surface area contributed by atoms with Crippen molar-refractivity contribution in [3.05, 3.63) is 0 Å². The Balaban J connectivity index is 2.44. The van der Waals surface area contributed by atoms with Gasteiger partial charge in [-0.05, 0) is 33.1 Å². The first-order valence-corrected chi connectivity index (χ1v) is 7.86. The van der Waals surface area contributed by atoms with Gasteiger partial charge in [0, 0.05) is 12.3 Å². The maximum absolute atomic E-state index is 11.9. The SMILES string of the molecule is CC(C)CC(C)OC(=O)C[C@@H]1C[C@H](CCl)OC(C)(C)O1. The Hall–Kier alpha value is -0.320. The minimum absolute atomic E-state index is 0.0563. The zero-order valence-electron chi connectivity index (χ0n) is 13.1. The third-order valence-electron chi connectivity index (χ3n) is 3.13. The lowest BCUT2D eigenvalue weighted by Crippen LogP contribution is -2.46. The van der Waals surface area contributed by atoms with Crippen molar-refractivity contribution in [1.29, 1.82) is 0 Å². The zero-order valence-corrected chi connectivity index (χ0v) is 13.9. The smallest absolute Gasteiger partial charge is 0.308 e. The highest BCUT2D eigenvalue weighted by molar-refractivity contribution is 6.18. The molecule has 5 heteroatoms. The fourth-order valence-electron chi connectivity index (χ4n) is 2.61. The second kappa shape index (κ2) is 7.62. The lowest BCUT2D eigenvalue weighted by molar-refractivity contribution is -0.295. The van der Waals surface area contributed by atoms with E-state index >= 15 is 0 Å². The van der Waals surface area contributed by atoms with Crippen LogP contribution in [0.4, 0.5) is 0 Å². The Morgan fingerprint density at radius 3 is 2.45 bits per heavy atom. The molecule has 1 heterocycles. The van der Waals surface area contributed by atoms with Crippen LogP contribution in [0.3, 0.4) is 0 Å². The molecule has 0 aromatic carbocycles. The first-order valence-electron chi connectivity index (χ1n) is 7.33. The molecule has 118 valence electrons. The zero-order chi connectivity index (χ0) is 15.3. The van der Waals surface area contributed by atoms with E-state index in [2.05, 4.69) is 13.8 Å². The molecule has 0 aromatic heterocycles. The quantitative estimate of drug-likeness (QED) is 0.556. The summed E-state index contributed by atoms with van der Waals surface area (Å²) in [5.74, 6) is -0.000133.